The lowest BCUT2D eigenvalue weighted by Crippen LogP contribution is -2.26. The van der Waals surface area contributed by atoms with Crippen molar-refractivity contribution in [2.75, 3.05) is 11.4 Å². The number of rotatable bonds is 3. The standard InChI is InChI=1S/C13H12F3NO4/c1-7-4-9(21-13(14,15)16)2-3-10(7)17-6-8(12(19)20)5-11(17)18/h2-4,8H,5-6H2,1H3,(H,19,20). The summed E-state index contributed by atoms with van der Waals surface area (Å²) in [7, 11) is 0. The summed E-state index contributed by atoms with van der Waals surface area (Å²) in [6.45, 7) is 1.54. The van der Waals surface area contributed by atoms with Crippen LogP contribution in [0.15, 0.2) is 18.2 Å². The van der Waals surface area contributed by atoms with Crippen LogP contribution in [-0.2, 0) is 9.59 Å². The fourth-order valence-corrected chi connectivity index (χ4v) is 2.23. The van der Waals surface area contributed by atoms with Gasteiger partial charge in [-0.3, -0.25) is 9.59 Å². The number of carbonyl (C=O) groups is 2. The van der Waals surface area contributed by atoms with Crippen LogP contribution in [0.4, 0.5) is 18.9 Å². The van der Waals surface area contributed by atoms with Crippen LogP contribution in [0.25, 0.3) is 0 Å². The molecule has 1 unspecified atom stereocenters. The number of carbonyl (C=O) groups excluding carboxylic acids is 1. The number of amides is 1. The van der Waals surface area contributed by atoms with E-state index in [0.717, 1.165) is 12.1 Å². The van der Waals surface area contributed by atoms with Crippen molar-refractivity contribution in [2.24, 2.45) is 5.92 Å². The van der Waals surface area contributed by atoms with Crippen molar-refractivity contribution in [1.29, 1.82) is 0 Å². The molecule has 1 amide bonds. The zero-order valence-electron chi connectivity index (χ0n) is 11.0. The van der Waals surface area contributed by atoms with E-state index < -0.39 is 18.2 Å². The molecule has 0 radical (unpaired) electrons. The zero-order chi connectivity index (χ0) is 15.8. The Balaban J connectivity index is 2.22. The van der Waals surface area contributed by atoms with Crippen LogP contribution in [0.5, 0.6) is 5.75 Å². The molecule has 114 valence electrons. The van der Waals surface area contributed by atoms with Crippen LogP contribution in [0.2, 0.25) is 0 Å². The maximum Gasteiger partial charge on any atom is 0.573 e. The maximum atomic E-state index is 12.1. The molecule has 21 heavy (non-hydrogen) atoms. The van der Waals surface area contributed by atoms with Gasteiger partial charge in [-0.1, -0.05) is 0 Å². The first kappa shape index (κ1) is 15.1. The number of hydrogen-bond donors (Lipinski definition) is 1. The minimum Gasteiger partial charge on any atom is -0.481 e. The van der Waals surface area contributed by atoms with Gasteiger partial charge < -0.3 is 14.7 Å². The van der Waals surface area contributed by atoms with Crippen molar-refractivity contribution in [3.63, 3.8) is 0 Å². The molecule has 2 rings (SSSR count). The van der Waals surface area contributed by atoms with E-state index in [4.69, 9.17) is 5.11 Å². The van der Waals surface area contributed by atoms with Gasteiger partial charge >= 0.3 is 12.3 Å². The second-order valence-electron chi connectivity index (χ2n) is 4.74. The first-order chi connectivity index (χ1) is 9.67. The van der Waals surface area contributed by atoms with Gasteiger partial charge in [0.15, 0.2) is 0 Å². The molecule has 0 saturated carbocycles. The van der Waals surface area contributed by atoms with Crippen LogP contribution in [0.3, 0.4) is 0 Å². The molecule has 0 aliphatic carbocycles. The monoisotopic (exact) mass is 303 g/mol. The van der Waals surface area contributed by atoms with Crippen molar-refractivity contribution in [1.82, 2.24) is 0 Å². The molecule has 1 aromatic rings. The average Bonchev–Trinajstić information content (AvgIpc) is 2.69. The third kappa shape index (κ3) is 3.45. The normalized spacial score (nSPS) is 19.0. The van der Waals surface area contributed by atoms with Crippen molar-refractivity contribution >= 4 is 17.6 Å². The number of halogens is 3. The van der Waals surface area contributed by atoms with Gasteiger partial charge in [-0.25, -0.2) is 0 Å². The van der Waals surface area contributed by atoms with Gasteiger partial charge in [-0.15, -0.1) is 13.2 Å². The van der Waals surface area contributed by atoms with Crippen LogP contribution in [0, 0.1) is 12.8 Å². The van der Waals surface area contributed by atoms with Crippen molar-refractivity contribution in [2.45, 2.75) is 19.7 Å². The summed E-state index contributed by atoms with van der Waals surface area (Å²) < 4.78 is 40.2. The van der Waals surface area contributed by atoms with Crippen molar-refractivity contribution < 1.29 is 32.6 Å². The molecule has 0 spiro atoms. The fourth-order valence-electron chi connectivity index (χ4n) is 2.23. The van der Waals surface area contributed by atoms with Gasteiger partial charge in [-0.2, -0.15) is 0 Å². The van der Waals surface area contributed by atoms with Crippen LogP contribution < -0.4 is 9.64 Å². The SMILES string of the molecule is Cc1cc(OC(F)(F)F)ccc1N1CC(C(=O)O)CC1=O. The highest BCUT2D eigenvalue weighted by Crippen LogP contribution is 2.32. The minimum absolute atomic E-state index is 0.00841. The van der Waals surface area contributed by atoms with Crippen molar-refractivity contribution in [3.05, 3.63) is 23.8 Å². The molecule has 1 atom stereocenters. The number of alkyl halides is 3. The number of anilines is 1. The molecule has 8 heteroatoms. The number of aliphatic carboxylic acids is 1. The number of hydrogen-bond acceptors (Lipinski definition) is 3. The molecule has 0 aromatic heterocycles. The molecule has 1 aromatic carbocycles. The average molecular weight is 303 g/mol. The smallest absolute Gasteiger partial charge is 0.481 e. The van der Waals surface area contributed by atoms with Crippen LogP contribution in [-0.4, -0.2) is 29.9 Å². The van der Waals surface area contributed by atoms with Crippen molar-refractivity contribution in [3.8, 4) is 5.75 Å². The highest BCUT2D eigenvalue weighted by molar-refractivity contribution is 5.99. The molecule has 1 aliphatic rings. The van der Waals surface area contributed by atoms with E-state index >= 15 is 0 Å². The Morgan fingerprint density at radius 2 is 2.10 bits per heavy atom. The number of carboxylic acids is 1. The minimum atomic E-state index is -4.79. The summed E-state index contributed by atoms with van der Waals surface area (Å²) in [5.41, 5.74) is 0.786. The lowest BCUT2D eigenvalue weighted by molar-refractivity contribution is -0.274. The molecule has 0 bridgehead atoms. The fraction of sp³-hybridized carbons (Fsp3) is 0.385. The molecule has 1 N–H and O–H groups in total. The molecule has 1 saturated heterocycles. The number of aryl methyl sites for hydroxylation is 1. The quantitative estimate of drug-likeness (QED) is 0.930. The maximum absolute atomic E-state index is 12.1. The summed E-state index contributed by atoms with van der Waals surface area (Å²) in [6.07, 6.45) is -4.90. The Hall–Kier alpha value is -2.25. The van der Waals surface area contributed by atoms with Gasteiger partial charge in [0, 0.05) is 18.7 Å². The summed E-state index contributed by atoms with van der Waals surface area (Å²) in [5, 5.41) is 8.91. The Kier molecular flexibility index (Phi) is 3.80. The Morgan fingerprint density at radius 1 is 1.43 bits per heavy atom. The second kappa shape index (κ2) is 5.27. The first-order valence-corrected chi connectivity index (χ1v) is 6.07. The Labute approximate surface area is 117 Å². The third-order valence-electron chi connectivity index (χ3n) is 3.17. The van der Waals surface area contributed by atoms with E-state index in [1.807, 2.05) is 0 Å². The topological polar surface area (TPSA) is 66.8 Å². The zero-order valence-corrected chi connectivity index (χ0v) is 11.0. The molecular formula is C13H12F3NO4. The van der Waals surface area contributed by atoms with Gasteiger partial charge in [0.1, 0.15) is 5.75 Å². The Morgan fingerprint density at radius 3 is 2.57 bits per heavy atom. The molecule has 1 heterocycles. The van der Waals surface area contributed by atoms with Gasteiger partial charge in [0.05, 0.1) is 5.92 Å². The summed E-state index contributed by atoms with van der Waals surface area (Å²) in [5.74, 6) is -2.62. The summed E-state index contributed by atoms with van der Waals surface area (Å²) >= 11 is 0. The summed E-state index contributed by atoms with van der Waals surface area (Å²) in [4.78, 5) is 24.0. The van der Waals surface area contributed by atoms with E-state index in [1.54, 1.807) is 0 Å². The molecule has 5 nitrogen and oxygen atoms in total. The number of carboxylic acid groups (broad SMARTS) is 1. The van der Waals surface area contributed by atoms with Gasteiger partial charge in [0.25, 0.3) is 0 Å². The highest BCUT2D eigenvalue weighted by atomic mass is 19.4. The van der Waals surface area contributed by atoms with Gasteiger partial charge in [-0.05, 0) is 30.7 Å². The predicted molar refractivity (Wildman–Crippen MR) is 66.0 cm³/mol. The number of benzene rings is 1. The van der Waals surface area contributed by atoms with E-state index in [1.165, 1.54) is 17.9 Å². The lowest BCUT2D eigenvalue weighted by atomic mass is 10.1. The van der Waals surface area contributed by atoms with Crippen LogP contribution in [0.1, 0.15) is 12.0 Å². The highest BCUT2D eigenvalue weighted by Gasteiger charge is 2.36. The predicted octanol–water partition coefficient (Wildman–Crippen LogP) is 2.33. The molecule has 1 fully saturated rings. The van der Waals surface area contributed by atoms with E-state index in [-0.39, 0.29) is 24.6 Å². The van der Waals surface area contributed by atoms with Crippen LogP contribution >= 0.6 is 0 Å². The Bertz CT molecular complexity index is 585. The van der Waals surface area contributed by atoms with E-state index in [9.17, 15) is 22.8 Å². The lowest BCUT2D eigenvalue weighted by Gasteiger charge is -2.19. The molecular weight excluding hydrogens is 291 g/mol. The largest absolute Gasteiger partial charge is 0.573 e. The number of nitrogens with zero attached hydrogens (tertiary/aromatic N) is 1. The number of ether oxygens (including phenoxy) is 1. The van der Waals surface area contributed by atoms with E-state index in [2.05, 4.69) is 4.74 Å². The third-order valence-corrected chi connectivity index (χ3v) is 3.17. The van der Waals surface area contributed by atoms with E-state index in [0.29, 0.717) is 11.3 Å². The summed E-state index contributed by atoms with van der Waals surface area (Å²) in [6, 6.07) is 3.57. The second-order valence-corrected chi connectivity index (χ2v) is 4.74. The van der Waals surface area contributed by atoms with Gasteiger partial charge in [0.2, 0.25) is 5.91 Å². The first-order valence-electron chi connectivity index (χ1n) is 6.07. The molecule has 1 aliphatic heterocycles.